The van der Waals surface area contributed by atoms with Crippen LogP contribution >= 0.6 is 0 Å². The Morgan fingerprint density at radius 3 is 2.47 bits per heavy atom. The molecule has 0 radical (unpaired) electrons. The van der Waals surface area contributed by atoms with Crippen LogP contribution in [0.15, 0.2) is 71.3 Å². The van der Waals surface area contributed by atoms with Crippen molar-refractivity contribution in [2.75, 3.05) is 6.61 Å². The molecule has 0 bridgehead atoms. The number of rotatable bonds is 2. The fourth-order valence-electron chi connectivity index (χ4n) is 5.18. The maximum atomic E-state index is 9.98. The summed E-state index contributed by atoms with van der Waals surface area (Å²) in [4.78, 5) is 0. The van der Waals surface area contributed by atoms with Crippen LogP contribution < -0.4 is 9.30 Å². The first-order valence-corrected chi connectivity index (χ1v) is 11.5. The first-order valence-electron chi connectivity index (χ1n) is 11.5. The second kappa shape index (κ2) is 7.20. The normalized spacial score (nSPS) is 14.2. The van der Waals surface area contributed by atoms with E-state index in [1.807, 2.05) is 37.5 Å². The SMILES string of the molecule is Cc1ccc2c(oc3c(-c4ccc5c(c4)OCC5(C)C)c(C#N)ccc32)c1-c1cccc[n+]1C. The van der Waals surface area contributed by atoms with E-state index in [2.05, 4.69) is 67.8 Å². The Kier molecular flexibility index (Phi) is 4.34. The Labute approximate surface area is 198 Å². The van der Waals surface area contributed by atoms with Crippen LogP contribution in [0.25, 0.3) is 44.3 Å². The van der Waals surface area contributed by atoms with E-state index in [0.717, 1.165) is 55.6 Å². The van der Waals surface area contributed by atoms with Crippen LogP contribution in [0.1, 0.15) is 30.5 Å². The Hall–Kier alpha value is -4.10. The molecule has 0 spiro atoms. The van der Waals surface area contributed by atoms with E-state index >= 15 is 0 Å². The molecule has 6 rings (SSSR count). The Morgan fingerprint density at radius 1 is 0.941 bits per heavy atom. The number of aromatic nitrogens is 1. The number of hydrogen-bond donors (Lipinski definition) is 0. The molecule has 1 aliphatic rings. The summed E-state index contributed by atoms with van der Waals surface area (Å²) < 4.78 is 14.8. The summed E-state index contributed by atoms with van der Waals surface area (Å²) in [5, 5.41) is 12.0. The molecule has 3 heterocycles. The van der Waals surface area contributed by atoms with Gasteiger partial charge < -0.3 is 9.15 Å². The van der Waals surface area contributed by atoms with E-state index in [1.54, 1.807) is 0 Å². The van der Waals surface area contributed by atoms with E-state index in [1.165, 1.54) is 5.56 Å². The number of benzene rings is 3. The maximum absolute atomic E-state index is 9.98. The number of nitrogens with zero attached hydrogens (tertiary/aromatic N) is 2. The lowest BCUT2D eigenvalue weighted by Crippen LogP contribution is -2.30. The van der Waals surface area contributed by atoms with Crippen LogP contribution in [0.2, 0.25) is 0 Å². The van der Waals surface area contributed by atoms with Crippen molar-refractivity contribution in [3.05, 3.63) is 83.6 Å². The van der Waals surface area contributed by atoms with Gasteiger partial charge in [-0.25, -0.2) is 4.57 Å². The molecule has 0 unspecified atom stereocenters. The number of nitriles is 1. The third kappa shape index (κ3) is 2.87. The fraction of sp³-hybridized carbons (Fsp3) is 0.200. The van der Waals surface area contributed by atoms with Gasteiger partial charge in [0.1, 0.15) is 24.0 Å². The standard InChI is InChI=1S/C30H25N2O2/c1-18-8-11-21-22-12-9-20(16-31)27(19-10-13-23-25(15-19)33-17-30(23,2)3)29(22)34-28(21)26(18)24-7-5-6-14-32(24)4/h5-15H,17H2,1-4H3/q+1. The minimum Gasteiger partial charge on any atom is -0.492 e. The van der Waals surface area contributed by atoms with Gasteiger partial charge >= 0.3 is 0 Å². The van der Waals surface area contributed by atoms with Crippen LogP contribution in [0.4, 0.5) is 0 Å². The van der Waals surface area contributed by atoms with Crippen molar-refractivity contribution in [3.8, 4) is 34.2 Å². The minimum atomic E-state index is -0.0189. The van der Waals surface area contributed by atoms with Crippen LogP contribution in [0, 0.1) is 18.3 Å². The highest BCUT2D eigenvalue weighted by Crippen LogP contribution is 2.45. The highest BCUT2D eigenvalue weighted by atomic mass is 16.5. The summed E-state index contributed by atoms with van der Waals surface area (Å²) in [6.45, 7) is 7.14. The molecule has 0 atom stereocenters. The molecule has 166 valence electrons. The number of aryl methyl sites for hydroxylation is 2. The highest BCUT2D eigenvalue weighted by Gasteiger charge is 2.32. The van der Waals surface area contributed by atoms with Crippen LogP contribution in [-0.2, 0) is 12.5 Å². The molecular weight excluding hydrogens is 420 g/mol. The number of pyridine rings is 1. The lowest BCUT2D eigenvalue weighted by molar-refractivity contribution is -0.660. The Balaban J connectivity index is 1.68. The van der Waals surface area contributed by atoms with Gasteiger partial charge in [0.25, 0.3) is 0 Å². The van der Waals surface area contributed by atoms with Gasteiger partial charge in [0.2, 0.25) is 5.69 Å². The summed E-state index contributed by atoms with van der Waals surface area (Å²) in [6, 6.07) is 23.0. The van der Waals surface area contributed by atoms with Crippen molar-refractivity contribution in [1.82, 2.24) is 0 Å². The molecular formula is C30H25N2O2+. The monoisotopic (exact) mass is 445 g/mol. The van der Waals surface area contributed by atoms with E-state index in [-0.39, 0.29) is 5.41 Å². The Bertz CT molecular complexity index is 1670. The van der Waals surface area contributed by atoms with Crippen molar-refractivity contribution < 1.29 is 13.7 Å². The zero-order valence-electron chi connectivity index (χ0n) is 19.8. The molecule has 1 aliphatic heterocycles. The van der Waals surface area contributed by atoms with Crippen molar-refractivity contribution >= 4 is 21.9 Å². The molecule has 0 saturated carbocycles. The average Bonchev–Trinajstić information content (AvgIpc) is 3.35. The van der Waals surface area contributed by atoms with Crippen LogP contribution in [-0.4, -0.2) is 6.61 Å². The third-order valence-corrected chi connectivity index (χ3v) is 7.04. The Morgan fingerprint density at radius 2 is 1.71 bits per heavy atom. The van der Waals surface area contributed by atoms with Gasteiger partial charge in [0.05, 0.1) is 23.8 Å². The lowest BCUT2D eigenvalue weighted by atomic mass is 9.86. The zero-order chi connectivity index (χ0) is 23.6. The van der Waals surface area contributed by atoms with Crippen molar-refractivity contribution in [1.29, 1.82) is 5.26 Å². The minimum absolute atomic E-state index is 0.0189. The van der Waals surface area contributed by atoms with Gasteiger partial charge in [0, 0.05) is 39.4 Å². The van der Waals surface area contributed by atoms with E-state index in [0.29, 0.717) is 12.2 Å². The maximum Gasteiger partial charge on any atom is 0.216 e. The third-order valence-electron chi connectivity index (χ3n) is 7.04. The van der Waals surface area contributed by atoms with E-state index < -0.39 is 0 Å². The van der Waals surface area contributed by atoms with E-state index in [9.17, 15) is 5.26 Å². The van der Waals surface area contributed by atoms with Crippen LogP contribution in [0.3, 0.4) is 0 Å². The van der Waals surface area contributed by atoms with Gasteiger partial charge in [-0.3, -0.25) is 0 Å². The first kappa shape index (κ1) is 20.5. The summed E-state index contributed by atoms with van der Waals surface area (Å²) in [5.74, 6) is 0.882. The predicted octanol–water partition coefficient (Wildman–Crippen LogP) is 6.59. The molecule has 2 aromatic heterocycles. The van der Waals surface area contributed by atoms with Gasteiger partial charge in [-0.1, -0.05) is 38.1 Å². The predicted molar refractivity (Wildman–Crippen MR) is 134 cm³/mol. The molecule has 4 nitrogen and oxygen atoms in total. The molecule has 3 aromatic carbocycles. The second-order valence-electron chi connectivity index (χ2n) is 9.79. The fourth-order valence-corrected chi connectivity index (χ4v) is 5.18. The topological polar surface area (TPSA) is 50.0 Å². The van der Waals surface area contributed by atoms with Gasteiger partial charge in [-0.2, -0.15) is 5.26 Å². The highest BCUT2D eigenvalue weighted by molar-refractivity contribution is 6.14. The molecule has 0 N–H and O–H groups in total. The van der Waals surface area contributed by atoms with Gasteiger partial charge in [-0.15, -0.1) is 0 Å². The molecule has 0 fully saturated rings. The molecule has 0 saturated heterocycles. The molecule has 4 heteroatoms. The molecule has 0 amide bonds. The summed E-state index contributed by atoms with van der Waals surface area (Å²) in [6.07, 6.45) is 2.04. The largest absolute Gasteiger partial charge is 0.492 e. The molecule has 5 aromatic rings. The van der Waals surface area contributed by atoms with Crippen molar-refractivity contribution in [3.63, 3.8) is 0 Å². The second-order valence-corrected chi connectivity index (χ2v) is 9.79. The number of fused-ring (bicyclic) bond motifs is 4. The summed E-state index contributed by atoms with van der Waals surface area (Å²) in [5.41, 5.74) is 8.38. The first-order chi connectivity index (χ1) is 16.4. The molecule has 34 heavy (non-hydrogen) atoms. The summed E-state index contributed by atoms with van der Waals surface area (Å²) in [7, 11) is 2.04. The molecule has 0 aliphatic carbocycles. The number of ether oxygens (including phenoxy) is 1. The number of furan rings is 1. The van der Waals surface area contributed by atoms with E-state index in [4.69, 9.17) is 9.15 Å². The average molecular weight is 446 g/mol. The zero-order valence-corrected chi connectivity index (χ0v) is 19.8. The van der Waals surface area contributed by atoms with Crippen molar-refractivity contribution in [2.45, 2.75) is 26.2 Å². The quantitative estimate of drug-likeness (QED) is 0.288. The van der Waals surface area contributed by atoms with Gasteiger partial charge in [-0.05, 0) is 42.3 Å². The van der Waals surface area contributed by atoms with Crippen LogP contribution in [0.5, 0.6) is 5.75 Å². The smallest absolute Gasteiger partial charge is 0.216 e. The van der Waals surface area contributed by atoms with Crippen molar-refractivity contribution in [2.24, 2.45) is 7.05 Å². The van der Waals surface area contributed by atoms with Gasteiger partial charge in [0.15, 0.2) is 6.20 Å². The lowest BCUT2D eigenvalue weighted by Gasteiger charge is -2.15. The number of hydrogen-bond acceptors (Lipinski definition) is 3. The summed E-state index contributed by atoms with van der Waals surface area (Å²) >= 11 is 0.